The SMILES string of the molecule is CC1Oc2ccccc2N(CCC(=O)N2C[C@H]3COCC[C@@]3(C(=O)O)C2)C1=O. The van der Waals surface area contributed by atoms with E-state index in [-0.39, 0.29) is 37.2 Å². The Bertz CT molecular complexity index is 812. The second kappa shape index (κ2) is 7.09. The predicted octanol–water partition coefficient (Wildman–Crippen LogP) is 1.14. The molecule has 8 heteroatoms. The van der Waals surface area contributed by atoms with E-state index < -0.39 is 17.5 Å². The highest BCUT2D eigenvalue weighted by molar-refractivity contribution is 6.00. The van der Waals surface area contributed by atoms with Crippen molar-refractivity contribution >= 4 is 23.5 Å². The van der Waals surface area contributed by atoms with Gasteiger partial charge in [-0.3, -0.25) is 14.4 Å². The van der Waals surface area contributed by atoms with Crippen LogP contribution in [0, 0.1) is 11.3 Å². The van der Waals surface area contributed by atoms with Crippen molar-refractivity contribution in [2.45, 2.75) is 25.9 Å². The summed E-state index contributed by atoms with van der Waals surface area (Å²) in [6, 6.07) is 7.26. The van der Waals surface area contributed by atoms with Gasteiger partial charge < -0.3 is 24.4 Å². The van der Waals surface area contributed by atoms with Crippen molar-refractivity contribution in [3.63, 3.8) is 0 Å². The molecule has 0 spiro atoms. The molecule has 28 heavy (non-hydrogen) atoms. The highest BCUT2D eigenvalue weighted by atomic mass is 16.5. The molecule has 4 rings (SSSR count). The summed E-state index contributed by atoms with van der Waals surface area (Å²) in [5.74, 6) is -0.747. The number of benzene rings is 1. The Hall–Kier alpha value is -2.61. The molecule has 0 saturated carbocycles. The summed E-state index contributed by atoms with van der Waals surface area (Å²) in [7, 11) is 0. The quantitative estimate of drug-likeness (QED) is 0.831. The fourth-order valence-electron chi connectivity index (χ4n) is 4.44. The number of hydrogen-bond acceptors (Lipinski definition) is 5. The molecule has 0 radical (unpaired) electrons. The van der Waals surface area contributed by atoms with Gasteiger partial charge in [0.25, 0.3) is 5.91 Å². The van der Waals surface area contributed by atoms with Gasteiger partial charge in [0.1, 0.15) is 5.75 Å². The number of hydrogen-bond donors (Lipinski definition) is 1. The molecular formula is C20H24N2O6. The number of aliphatic carboxylic acids is 1. The molecule has 2 saturated heterocycles. The number of nitrogens with zero attached hydrogens (tertiary/aromatic N) is 2. The van der Waals surface area contributed by atoms with Crippen LogP contribution in [-0.4, -0.2) is 66.7 Å². The molecule has 0 bridgehead atoms. The Morgan fingerprint density at radius 2 is 2.11 bits per heavy atom. The van der Waals surface area contributed by atoms with Gasteiger partial charge in [-0.05, 0) is 25.5 Å². The van der Waals surface area contributed by atoms with Gasteiger partial charge in [0.15, 0.2) is 6.10 Å². The van der Waals surface area contributed by atoms with Crippen LogP contribution in [0.3, 0.4) is 0 Å². The molecule has 2 fully saturated rings. The molecule has 1 N–H and O–H groups in total. The topological polar surface area (TPSA) is 96.4 Å². The van der Waals surface area contributed by atoms with Gasteiger partial charge in [-0.2, -0.15) is 0 Å². The molecule has 1 unspecified atom stereocenters. The Balaban J connectivity index is 1.45. The van der Waals surface area contributed by atoms with Gasteiger partial charge in [-0.15, -0.1) is 0 Å². The number of carboxylic acid groups (broad SMARTS) is 1. The maximum absolute atomic E-state index is 12.8. The van der Waals surface area contributed by atoms with E-state index in [1.165, 1.54) is 0 Å². The normalized spacial score (nSPS) is 29.1. The maximum atomic E-state index is 12.8. The van der Waals surface area contributed by atoms with Crippen LogP contribution in [0.1, 0.15) is 19.8 Å². The fraction of sp³-hybridized carbons (Fsp3) is 0.550. The zero-order valence-corrected chi connectivity index (χ0v) is 15.8. The van der Waals surface area contributed by atoms with Crippen LogP contribution in [0.5, 0.6) is 5.75 Å². The van der Waals surface area contributed by atoms with E-state index >= 15 is 0 Å². The second-order valence-electron chi connectivity index (χ2n) is 7.73. The van der Waals surface area contributed by atoms with Crippen molar-refractivity contribution in [2.24, 2.45) is 11.3 Å². The van der Waals surface area contributed by atoms with Gasteiger partial charge in [0.2, 0.25) is 5.91 Å². The minimum absolute atomic E-state index is 0.135. The number of anilines is 1. The number of carbonyl (C=O) groups is 3. The summed E-state index contributed by atoms with van der Waals surface area (Å²) < 4.78 is 11.1. The summed E-state index contributed by atoms with van der Waals surface area (Å²) >= 11 is 0. The van der Waals surface area contributed by atoms with Crippen LogP contribution in [0.4, 0.5) is 5.69 Å². The first-order valence-corrected chi connectivity index (χ1v) is 9.58. The van der Waals surface area contributed by atoms with E-state index in [0.717, 1.165) is 0 Å². The number of para-hydroxylation sites is 2. The summed E-state index contributed by atoms with van der Waals surface area (Å²) in [6.07, 6.45) is -0.0493. The van der Waals surface area contributed by atoms with Crippen LogP contribution < -0.4 is 9.64 Å². The van der Waals surface area contributed by atoms with Crippen LogP contribution in [0.2, 0.25) is 0 Å². The average Bonchev–Trinajstić information content (AvgIpc) is 3.09. The van der Waals surface area contributed by atoms with E-state index in [2.05, 4.69) is 0 Å². The number of carboxylic acids is 1. The lowest BCUT2D eigenvalue weighted by molar-refractivity contribution is -0.157. The van der Waals surface area contributed by atoms with Crippen molar-refractivity contribution in [1.82, 2.24) is 4.90 Å². The van der Waals surface area contributed by atoms with Crippen LogP contribution in [0.25, 0.3) is 0 Å². The molecule has 3 aliphatic rings. The zero-order chi connectivity index (χ0) is 19.9. The Morgan fingerprint density at radius 3 is 2.86 bits per heavy atom. The second-order valence-corrected chi connectivity index (χ2v) is 7.73. The minimum atomic E-state index is -0.913. The molecule has 150 valence electrons. The van der Waals surface area contributed by atoms with Crippen LogP contribution in [0.15, 0.2) is 24.3 Å². The molecule has 8 nitrogen and oxygen atoms in total. The fourth-order valence-corrected chi connectivity index (χ4v) is 4.44. The standard InChI is InChI=1S/C20H24N2O6/c1-13-18(24)22(15-4-2-3-5-16(15)28-13)8-6-17(23)21-10-14-11-27-9-7-20(14,12-21)19(25)26/h2-5,13-14H,6-12H2,1H3,(H,25,26)/t13?,14-,20+/m0/s1. The number of rotatable bonds is 4. The third-order valence-corrected chi connectivity index (χ3v) is 6.11. The number of amides is 2. The predicted molar refractivity (Wildman–Crippen MR) is 99.1 cm³/mol. The van der Waals surface area contributed by atoms with Gasteiger partial charge >= 0.3 is 5.97 Å². The average molecular weight is 388 g/mol. The Labute approximate surface area is 163 Å². The third kappa shape index (κ3) is 3.01. The lowest BCUT2D eigenvalue weighted by Gasteiger charge is -2.34. The van der Waals surface area contributed by atoms with E-state index in [1.54, 1.807) is 28.9 Å². The first-order chi connectivity index (χ1) is 13.4. The number of fused-ring (bicyclic) bond motifs is 2. The molecule has 3 aliphatic heterocycles. The summed E-state index contributed by atoms with van der Waals surface area (Å²) in [5.41, 5.74) is -0.257. The molecule has 2 amide bonds. The molecular weight excluding hydrogens is 364 g/mol. The van der Waals surface area contributed by atoms with Crippen LogP contribution in [-0.2, 0) is 19.1 Å². The number of ether oxygens (including phenoxy) is 2. The van der Waals surface area contributed by atoms with E-state index in [4.69, 9.17) is 9.47 Å². The van der Waals surface area contributed by atoms with E-state index in [0.29, 0.717) is 37.6 Å². The molecule has 0 aliphatic carbocycles. The summed E-state index contributed by atoms with van der Waals surface area (Å²) in [6.45, 7) is 3.29. The lowest BCUT2D eigenvalue weighted by atomic mass is 9.74. The number of carbonyl (C=O) groups excluding carboxylic acids is 2. The van der Waals surface area contributed by atoms with Crippen molar-refractivity contribution in [1.29, 1.82) is 0 Å². The minimum Gasteiger partial charge on any atom is -0.481 e. The smallest absolute Gasteiger partial charge is 0.311 e. The van der Waals surface area contributed by atoms with Crippen molar-refractivity contribution < 1.29 is 29.0 Å². The largest absolute Gasteiger partial charge is 0.481 e. The van der Waals surface area contributed by atoms with Gasteiger partial charge in [-0.1, -0.05) is 12.1 Å². The van der Waals surface area contributed by atoms with E-state index in [1.807, 2.05) is 12.1 Å². The molecule has 1 aromatic rings. The van der Waals surface area contributed by atoms with Crippen molar-refractivity contribution in [3.8, 4) is 5.75 Å². The molecule has 3 heterocycles. The summed E-state index contributed by atoms with van der Waals surface area (Å²) in [5, 5.41) is 9.75. The number of likely N-dealkylation sites (tertiary alicyclic amines) is 1. The highest BCUT2D eigenvalue weighted by Crippen LogP contribution is 2.42. The first kappa shape index (κ1) is 18.7. The van der Waals surface area contributed by atoms with Crippen LogP contribution >= 0.6 is 0 Å². The molecule has 1 aromatic carbocycles. The Morgan fingerprint density at radius 1 is 1.32 bits per heavy atom. The lowest BCUT2D eigenvalue weighted by Crippen LogP contribution is -2.46. The monoisotopic (exact) mass is 388 g/mol. The first-order valence-electron chi connectivity index (χ1n) is 9.58. The van der Waals surface area contributed by atoms with Crippen molar-refractivity contribution in [3.05, 3.63) is 24.3 Å². The zero-order valence-electron chi connectivity index (χ0n) is 15.8. The van der Waals surface area contributed by atoms with E-state index in [9.17, 15) is 19.5 Å². The van der Waals surface area contributed by atoms with Crippen molar-refractivity contribution in [2.75, 3.05) is 37.7 Å². The van der Waals surface area contributed by atoms with Gasteiger partial charge in [0.05, 0.1) is 17.7 Å². The van der Waals surface area contributed by atoms with Gasteiger partial charge in [-0.25, -0.2) is 0 Å². The highest BCUT2D eigenvalue weighted by Gasteiger charge is 2.54. The van der Waals surface area contributed by atoms with Gasteiger partial charge in [0, 0.05) is 38.6 Å². The maximum Gasteiger partial charge on any atom is 0.311 e. The third-order valence-electron chi connectivity index (χ3n) is 6.11. The molecule has 0 aromatic heterocycles. The molecule has 3 atom stereocenters. The Kier molecular flexibility index (Phi) is 4.74. The summed E-state index contributed by atoms with van der Waals surface area (Å²) in [4.78, 5) is 40.5.